The summed E-state index contributed by atoms with van der Waals surface area (Å²) >= 11 is 0. The number of fused-ring (bicyclic) bond motifs is 1. The summed E-state index contributed by atoms with van der Waals surface area (Å²) in [6.45, 7) is 1.45. The Morgan fingerprint density at radius 3 is 2.61 bits per heavy atom. The maximum absolute atomic E-state index is 12.7. The van der Waals surface area contributed by atoms with Crippen molar-refractivity contribution in [3.63, 3.8) is 0 Å². The van der Waals surface area contributed by atoms with Gasteiger partial charge < -0.3 is 15.2 Å². The van der Waals surface area contributed by atoms with E-state index in [9.17, 15) is 9.59 Å². The third-order valence-corrected chi connectivity index (χ3v) is 6.19. The van der Waals surface area contributed by atoms with E-state index in [0.717, 1.165) is 67.0 Å². The molecule has 8 nitrogen and oxygen atoms in total. The summed E-state index contributed by atoms with van der Waals surface area (Å²) in [6.07, 6.45) is 4.85. The van der Waals surface area contributed by atoms with Gasteiger partial charge in [-0.05, 0) is 49.1 Å². The fourth-order valence-corrected chi connectivity index (χ4v) is 4.32. The molecule has 2 aromatic heterocycles. The molecule has 0 bridgehead atoms. The van der Waals surface area contributed by atoms with Crippen LogP contribution < -0.4 is 15.8 Å². The van der Waals surface area contributed by atoms with E-state index in [1.807, 2.05) is 36.4 Å². The molecule has 0 aliphatic carbocycles. The zero-order valence-corrected chi connectivity index (χ0v) is 18.3. The molecule has 1 saturated heterocycles. The van der Waals surface area contributed by atoms with E-state index in [1.54, 1.807) is 12.3 Å². The van der Waals surface area contributed by atoms with Gasteiger partial charge in [-0.25, -0.2) is 10.1 Å². The third kappa shape index (κ3) is 4.95. The number of rotatable bonds is 6. The second kappa shape index (κ2) is 9.28. The molecule has 3 N–H and O–H groups in total. The normalized spacial score (nSPS) is 14.5. The molecule has 0 saturated carbocycles. The number of nitrogens with zero attached hydrogens (tertiary/aromatic N) is 3. The standard InChI is InChI=1S/C25H26N6O2/c32-24-15-20(16-26-30-24)31-13-11-18(12-14-31)25(33)27-19-8-5-17(6-9-19)7-10-23-28-21-3-1-2-4-22(21)29-23/h1-6,8-9,15-16,18H,7,10-14H2,(H,27,33)(H,28,29)(H,30,32). The Bertz CT molecular complexity index is 1270. The van der Waals surface area contributed by atoms with Gasteiger partial charge in [-0.1, -0.05) is 24.3 Å². The second-order valence-electron chi connectivity index (χ2n) is 8.45. The van der Waals surface area contributed by atoms with E-state index in [0.29, 0.717) is 0 Å². The number of aromatic amines is 2. The number of imidazole rings is 1. The Labute approximate surface area is 191 Å². The second-order valence-corrected chi connectivity index (χ2v) is 8.45. The molecule has 5 rings (SSSR count). The highest BCUT2D eigenvalue weighted by molar-refractivity contribution is 5.92. The molecule has 168 valence electrons. The van der Waals surface area contributed by atoms with Crippen molar-refractivity contribution in [3.05, 3.63) is 82.5 Å². The van der Waals surface area contributed by atoms with Gasteiger partial charge in [0.15, 0.2) is 0 Å². The number of carbonyl (C=O) groups is 1. The quantitative estimate of drug-likeness (QED) is 0.425. The van der Waals surface area contributed by atoms with Crippen molar-refractivity contribution in [2.24, 2.45) is 5.92 Å². The smallest absolute Gasteiger partial charge is 0.266 e. The highest BCUT2D eigenvalue weighted by Crippen LogP contribution is 2.23. The molecule has 1 aliphatic rings. The van der Waals surface area contributed by atoms with Crippen LogP contribution in [0.3, 0.4) is 0 Å². The summed E-state index contributed by atoms with van der Waals surface area (Å²) in [4.78, 5) is 34.3. The highest BCUT2D eigenvalue weighted by Gasteiger charge is 2.25. The van der Waals surface area contributed by atoms with Crippen molar-refractivity contribution in [1.29, 1.82) is 0 Å². The number of anilines is 2. The fourth-order valence-electron chi connectivity index (χ4n) is 4.32. The minimum Gasteiger partial charge on any atom is -0.370 e. The summed E-state index contributed by atoms with van der Waals surface area (Å²) in [5.74, 6) is 0.994. The lowest BCUT2D eigenvalue weighted by Crippen LogP contribution is -2.38. The number of para-hydroxylation sites is 2. The van der Waals surface area contributed by atoms with Crippen LogP contribution in [0.5, 0.6) is 0 Å². The van der Waals surface area contributed by atoms with Crippen molar-refractivity contribution >= 4 is 28.3 Å². The molecule has 33 heavy (non-hydrogen) atoms. The lowest BCUT2D eigenvalue weighted by Gasteiger charge is -2.32. The first kappa shape index (κ1) is 20.9. The largest absolute Gasteiger partial charge is 0.370 e. The topological polar surface area (TPSA) is 107 Å². The van der Waals surface area contributed by atoms with Crippen molar-refractivity contribution in [3.8, 4) is 0 Å². The van der Waals surface area contributed by atoms with Crippen molar-refractivity contribution < 1.29 is 4.79 Å². The lowest BCUT2D eigenvalue weighted by atomic mass is 9.95. The average Bonchev–Trinajstić information content (AvgIpc) is 3.27. The number of hydrogen-bond donors (Lipinski definition) is 3. The minimum absolute atomic E-state index is 0.0380. The van der Waals surface area contributed by atoms with Gasteiger partial charge in [0.05, 0.1) is 22.9 Å². The van der Waals surface area contributed by atoms with E-state index < -0.39 is 0 Å². The van der Waals surface area contributed by atoms with Crippen LogP contribution in [0.2, 0.25) is 0 Å². The van der Waals surface area contributed by atoms with Gasteiger partial charge in [0.2, 0.25) is 5.91 Å². The first-order valence-corrected chi connectivity index (χ1v) is 11.3. The van der Waals surface area contributed by atoms with Gasteiger partial charge in [0, 0.05) is 37.2 Å². The molecular formula is C25H26N6O2. The number of amides is 1. The number of H-pyrrole nitrogens is 2. The van der Waals surface area contributed by atoms with E-state index in [4.69, 9.17) is 0 Å². The van der Waals surface area contributed by atoms with E-state index in [-0.39, 0.29) is 17.4 Å². The summed E-state index contributed by atoms with van der Waals surface area (Å²) in [5.41, 5.74) is 4.65. The number of aryl methyl sites for hydroxylation is 2. The number of aromatic nitrogens is 4. The van der Waals surface area contributed by atoms with Crippen LogP contribution in [-0.2, 0) is 17.6 Å². The summed E-state index contributed by atoms with van der Waals surface area (Å²) in [7, 11) is 0. The Morgan fingerprint density at radius 1 is 1.06 bits per heavy atom. The molecule has 0 unspecified atom stereocenters. The maximum Gasteiger partial charge on any atom is 0.266 e. The third-order valence-electron chi connectivity index (χ3n) is 6.19. The van der Waals surface area contributed by atoms with Crippen molar-refractivity contribution in [2.75, 3.05) is 23.3 Å². The van der Waals surface area contributed by atoms with Gasteiger partial charge in [0.25, 0.3) is 5.56 Å². The molecule has 2 aromatic carbocycles. The predicted molar refractivity (Wildman–Crippen MR) is 128 cm³/mol. The van der Waals surface area contributed by atoms with Crippen LogP contribution in [0, 0.1) is 5.92 Å². The molecule has 0 atom stereocenters. The number of hydrogen-bond acceptors (Lipinski definition) is 5. The van der Waals surface area contributed by atoms with Gasteiger partial charge in [-0.15, -0.1) is 0 Å². The van der Waals surface area contributed by atoms with Crippen LogP contribution in [0.4, 0.5) is 11.4 Å². The zero-order chi connectivity index (χ0) is 22.6. The molecular weight excluding hydrogens is 416 g/mol. The monoisotopic (exact) mass is 442 g/mol. The molecule has 4 aromatic rings. The summed E-state index contributed by atoms with van der Waals surface area (Å²) in [5, 5.41) is 9.29. The van der Waals surface area contributed by atoms with E-state index in [2.05, 4.69) is 42.5 Å². The average molecular weight is 443 g/mol. The van der Waals surface area contributed by atoms with Gasteiger partial charge >= 0.3 is 0 Å². The number of benzene rings is 2. The molecule has 0 spiro atoms. The van der Waals surface area contributed by atoms with E-state index >= 15 is 0 Å². The summed E-state index contributed by atoms with van der Waals surface area (Å²) in [6, 6.07) is 17.6. The van der Waals surface area contributed by atoms with Crippen LogP contribution in [0.1, 0.15) is 24.2 Å². The molecule has 3 heterocycles. The van der Waals surface area contributed by atoms with Gasteiger partial charge in [0.1, 0.15) is 5.82 Å². The van der Waals surface area contributed by atoms with Crippen LogP contribution >= 0.6 is 0 Å². The Hall–Kier alpha value is -3.94. The number of nitrogens with one attached hydrogen (secondary N) is 3. The molecule has 1 fully saturated rings. The lowest BCUT2D eigenvalue weighted by molar-refractivity contribution is -0.120. The Kier molecular flexibility index (Phi) is 5.89. The Morgan fingerprint density at radius 2 is 1.85 bits per heavy atom. The van der Waals surface area contributed by atoms with Crippen molar-refractivity contribution in [1.82, 2.24) is 20.2 Å². The van der Waals surface area contributed by atoms with Gasteiger partial charge in [-0.3, -0.25) is 9.59 Å². The Balaban J connectivity index is 1.12. The molecule has 8 heteroatoms. The predicted octanol–water partition coefficient (Wildman–Crippen LogP) is 3.29. The van der Waals surface area contributed by atoms with Crippen molar-refractivity contribution in [2.45, 2.75) is 25.7 Å². The maximum atomic E-state index is 12.7. The fraction of sp³-hybridized carbons (Fsp3) is 0.280. The molecule has 1 aliphatic heterocycles. The van der Waals surface area contributed by atoms with E-state index in [1.165, 1.54) is 5.56 Å². The highest BCUT2D eigenvalue weighted by atomic mass is 16.2. The summed E-state index contributed by atoms with van der Waals surface area (Å²) < 4.78 is 0. The minimum atomic E-state index is -0.214. The van der Waals surface area contributed by atoms with Crippen LogP contribution in [-0.4, -0.2) is 39.2 Å². The van der Waals surface area contributed by atoms with Crippen LogP contribution in [0.15, 0.2) is 65.6 Å². The molecule has 1 amide bonds. The van der Waals surface area contributed by atoms with Gasteiger partial charge in [-0.2, -0.15) is 5.10 Å². The first-order chi connectivity index (χ1) is 16.1. The van der Waals surface area contributed by atoms with Crippen LogP contribution in [0.25, 0.3) is 11.0 Å². The number of piperidine rings is 1. The first-order valence-electron chi connectivity index (χ1n) is 11.3. The zero-order valence-electron chi connectivity index (χ0n) is 18.3. The number of carbonyl (C=O) groups excluding carboxylic acids is 1. The molecule has 0 radical (unpaired) electrons. The SMILES string of the molecule is O=C(Nc1ccc(CCc2nc3ccccc3[nH]2)cc1)C1CCN(c2cn[nH]c(=O)c2)CC1.